The quantitative estimate of drug-likeness (QED) is 0.216. The molecule has 6 heteroatoms. The van der Waals surface area contributed by atoms with Crippen LogP contribution in [0.1, 0.15) is 32.4 Å². The minimum absolute atomic E-state index is 0. The van der Waals surface area contributed by atoms with Gasteiger partial charge in [0.2, 0.25) is 5.88 Å². The van der Waals surface area contributed by atoms with Crippen LogP contribution in [0, 0.1) is 0 Å². The van der Waals surface area contributed by atoms with Crippen molar-refractivity contribution < 1.29 is 31.4 Å². The predicted octanol–water partition coefficient (Wildman–Crippen LogP) is 6.26. The molecular weight excluding hydrogens is 458 g/mol. The molecule has 1 aliphatic carbocycles. The molecule has 0 spiro atoms. The van der Waals surface area contributed by atoms with Gasteiger partial charge in [0, 0.05) is 22.6 Å². The predicted molar refractivity (Wildman–Crippen MR) is 128 cm³/mol. The Bertz CT molecular complexity index is 894. The van der Waals surface area contributed by atoms with E-state index >= 15 is 0 Å². The molecule has 2 aliphatic rings. The van der Waals surface area contributed by atoms with E-state index in [2.05, 4.69) is 20.8 Å². The Labute approximate surface area is 203 Å². The molecule has 172 valence electrons. The summed E-state index contributed by atoms with van der Waals surface area (Å²) in [7, 11) is -1.94. The summed E-state index contributed by atoms with van der Waals surface area (Å²) >= 11 is 0. The molecule has 2 aromatic carbocycles. The number of amides is 1. The first kappa shape index (κ1) is 26.0. The van der Waals surface area contributed by atoms with E-state index in [9.17, 15) is 9.90 Å². The van der Waals surface area contributed by atoms with Gasteiger partial charge in [-0.2, -0.15) is 18.2 Å². The Morgan fingerprint density at radius 2 is 1.56 bits per heavy atom. The van der Waals surface area contributed by atoms with Crippen LogP contribution in [0.5, 0.6) is 0 Å². The number of hydrogen-bond donors (Lipinski definition) is 1. The molecule has 1 amide bonds. The second-order valence-electron chi connectivity index (χ2n) is 7.81. The van der Waals surface area contributed by atoms with Crippen molar-refractivity contribution in [1.82, 2.24) is 4.90 Å². The third-order valence-electron chi connectivity index (χ3n) is 6.20. The maximum Gasteiger partial charge on any atom is 0.260 e. The van der Waals surface area contributed by atoms with Crippen molar-refractivity contribution >= 4 is 14.2 Å². The zero-order valence-corrected chi connectivity index (χ0v) is 21.0. The summed E-state index contributed by atoms with van der Waals surface area (Å²) in [6.45, 7) is 6.47. The van der Waals surface area contributed by atoms with Gasteiger partial charge in [0.15, 0.2) is 14.4 Å². The maximum atomic E-state index is 12.9. The van der Waals surface area contributed by atoms with Crippen molar-refractivity contribution in [1.29, 1.82) is 0 Å². The second-order valence-corrected chi connectivity index (χ2v) is 12.5. The van der Waals surface area contributed by atoms with Crippen LogP contribution in [-0.2, 0) is 26.3 Å². The topological polar surface area (TPSA) is 49.8 Å². The van der Waals surface area contributed by atoms with Gasteiger partial charge in [-0.25, -0.2) is 12.1 Å². The largest absolute Gasteiger partial charge is 0.494 e. The molecule has 2 aromatic rings. The second kappa shape index (κ2) is 12.1. The van der Waals surface area contributed by atoms with Crippen LogP contribution in [0.4, 0.5) is 0 Å². The average molecular weight is 490 g/mol. The standard InChI is InChI=1S/C21H27NO3Si.C5H5.Fe/c1-4-26(5-2,6-3)25-19-18(16-12-8-7-9-13-16)22(21(19)24)20(23)17-14-10-11-15-17;1-2-4-5-3-1;/h7-15,18-19,23H,4-6H2,1-3H3;1-5H;/q;-1;/t18-,19+;;/m0../s1. The van der Waals surface area contributed by atoms with Gasteiger partial charge in [0.1, 0.15) is 0 Å². The molecule has 1 fully saturated rings. The van der Waals surface area contributed by atoms with Gasteiger partial charge in [0.05, 0.1) is 6.04 Å². The maximum absolute atomic E-state index is 12.9. The van der Waals surface area contributed by atoms with Crippen LogP contribution < -0.4 is 0 Å². The smallest absolute Gasteiger partial charge is 0.260 e. The van der Waals surface area contributed by atoms with E-state index in [1.54, 1.807) is 0 Å². The van der Waals surface area contributed by atoms with Crippen LogP contribution in [0.3, 0.4) is 0 Å². The number of carbonyl (C=O) groups excluding carboxylic acids is 1. The van der Waals surface area contributed by atoms with Crippen molar-refractivity contribution in [3.8, 4) is 0 Å². The van der Waals surface area contributed by atoms with Crippen LogP contribution in [0.25, 0.3) is 0 Å². The zero-order chi connectivity index (χ0) is 22.3. The normalized spacial score (nSPS) is 19.2. The number of benzene rings is 1. The van der Waals surface area contributed by atoms with Gasteiger partial charge >= 0.3 is 0 Å². The molecule has 0 unspecified atom stereocenters. The zero-order valence-electron chi connectivity index (χ0n) is 18.9. The molecule has 0 aromatic heterocycles. The monoisotopic (exact) mass is 490 g/mol. The average Bonchev–Trinajstić information content (AvgIpc) is 3.56. The number of carbonyl (C=O) groups is 1. The molecule has 2 atom stereocenters. The number of likely N-dealkylation sites (tertiary alicyclic amines) is 1. The Morgan fingerprint density at radius 1 is 1.00 bits per heavy atom. The number of aliphatic hydroxyl groups is 1. The van der Waals surface area contributed by atoms with Gasteiger partial charge in [-0.15, -0.1) is 0 Å². The molecule has 1 aliphatic heterocycles. The molecule has 0 saturated carbocycles. The summed E-state index contributed by atoms with van der Waals surface area (Å²) in [4.78, 5) is 14.4. The summed E-state index contributed by atoms with van der Waals surface area (Å²) in [5.74, 6) is -0.143. The van der Waals surface area contributed by atoms with Gasteiger partial charge in [-0.05, 0) is 35.8 Å². The van der Waals surface area contributed by atoms with Crippen molar-refractivity contribution in [2.75, 3.05) is 0 Å². The molecule has 1 N–H and O–H groups in total. The van der Waals surface area contributed by atoms with Crippen molar-refractivity contribution in [2.24, 2.45) is 0 Å². The van der Waals surface area contributed by atoms with Crippen LogP contribution >= 0.6 is 0 Å². The fourth-order valence-corrected chi connectivity index (χ4v) is 6.81. The molecule has 32 heavy (non-hydrogen) atoms. The Hall–Kier alpha value is -2.24. The third kappa shape index (κ3) is 5.56. The van der Waals surface area contributed by atoms with E-state index in [0.29, 0.717) is 5.57 Å². The fraction of sp³-hybridized carbons (Fsp3) is 0.308. The number of β-lactam (4-membered cyclic amide) rings is 1. The van der Waals surface area contributed by atoms with Crippen LogP contribution in [-0.4, -0.2) is 30.3 Å². The Morgan fingerprint density at radius 3 is 2.03 bits per heavy atom. The number of nitrogens with zero attached hydrogens (tertiary/aromatic N) is 1. The molecular formula is C26H32FeNO3Si-. The minimum Gasteiger partial charge on any atom is -0.494 e. The van der Waals surface area contributed by atoms with E-state index in [4.69, 9.17) is 4.43 Å². The molecule has 1 heterocycles. The molecule has 4 rings (SSSR count). The first-order chi connectivity index (χ1) is 15.1. The fourth-order valence-electron chi connectivity index (χ4n) is 4.04. The van der Waals surface area contributed by atoms with E-state index in [1.165, 1.54) is 4.90 Å². The number of aliphatic hydroxyl groups excluding tert-OH is 1. The third-order valence-corrected chi connectivity index (χ3v) is 10.8. The molecule has 4 nitrogen and oxygen atoms in total. The first-order valence-corrected chi connectivity index (χ1v) is 13.6. The summed E-state index contributed by atoms with van der Waals surface area (Å²) < 4.78 is 6.52. The van der Waals surface area contributed by atoms with Crippen LogP contribution in [0.15, 0.2) is 96.4 Å². The van der Waals surface area contributed by atoms with Crippen LogP contribution in [0.2, 0.25) is 18.1 Å². The SMILES string of the molecule is CC[Si](CC)(CC)O[C@H]1C(=O)N(C(O)=C2C=CC=C2)[C@H]1c1ccccc1.[Fe].c1cc[cH-]c1. The van der Waals surface area contributed by atoms with E-state index in [0.717, 1.165) is 23.7 Å². The Balaban J connectivity index is 0.000000534. The number of allylic oxidation sites excluding steroid dienone is 5. The molecule has 1 saturated heterocycles. The molecule has 0 radical (unpaired) electrons. The number of rotatable bonds is 7. The van der Waals surface area contributed by atoms with Crippen molar-refractivity contribution in [2.45, 2.75) is 51.0 Å². The summed E-state index contributed by atoms with van der Waals surface area (Å²) in [6.07, 6.45) is 6.81. The van der Waals surface area contributed by atoms with Gasteiger partial charge in [-0.1, -0.05) is 63.3 Å². The van der Waals surface area contributed by atoms with Crippen molar-refractivity contribution in [3.63, 3.8) is 0 Å². The minimum atomic E-state index is -1.94. The number of hydrogen-bond acceptors (Lipinski definition) is 3. The van der Waals surface area contributed by atoms with Gasteiger partial charge in [0.25, 0.3) is 5.91 Å². The Kier molecular flexibility index (Phi) is 9.85. The van der Waals surface area contributed by atoms with Crippen molar-refractivity contribution in [3.05, 3.63) is 102 Å². The summed E-state index contributed by atoms with van der Waals surface area (Å²) in [5, 5.41) is 10.7. The summed E-state index contributed by atoms with van der Waals surface area (Å²) in [6, 6.07) is 22.5. The van der Waals surface area contributed by atoms with Gasteiger partial charge < -0.3 is 9.53 Å². The first-order valence-electron chi connectivity index (χ1n) is 11.1. The summed E-state index contributed by atoms with van der Waals surface area (Å²) in [5.41, 5.74) is 1.64. The molecule has 0 bridgehead atoms. The van der Waals surface area contributed by atoms with Gasteiger partial charge in [-0.3, -0.25) is 9.69 Å². The van der Waals surface area contributed by atoms with E-state index in [-0.39, 0.29) is 34.9 Å². The van der Waals surface area contributed by atoms with E-state index in [1.807, 2.05) is 85.0 Å². The van der Waals surface area contributed by atoms with E-state index < -0.39 is 14.4 Å².